The van der Waals surface area contributed by atoms with Gasteiger partial charge in [-0.05, 0) is 12.3 Å². The smallest absolute Gasteiger partial charge is 0.306 e. The number of hydrogen-bond acceptors (Lipinski definition) is 2. The highest BCUT2D eigenvalue weighted by Crippen LogP contribution is 2.14. The molecule has 0 spiro atoms. The van der Waals surface area contributed by atoms with Crippen LogP contribution in [0.15, 0.2) is 0 Å². The lowest BCUT2D eigenvalue weighted by Crippen LogP contribution is -2.08. The molecule has 0 fully saturated rings. The molecule has 2 nitrogen and oxygen atoms in total. The van der Waals surface area contributed by atoms with Crippen molar-refractivity contribution in [3.05, 3.63) is 0 Å². The van der Waals surface area contributed by atoms with Gasteiger partial charge in [-0.15, -0.1) is 0 Å². The second-order valence-electron chi connectivity index (χ2n) is 8.48. The van der Waals surface area contributed by atoms with Gasteiger partial charge in [0.2, 0.25) is 0 Å². The summed E-state index contributed by atoms with van der Waals surface area (Å²) in [5.74, 6) is 0.370. The predicted octanol–water partition coefficient (Wildman–Crippen LogP) is 8.23. The van der Waals surface area contributed by atoms with Gasteiger partial charge in [0.15, 0.2) is 0 Å². The van der Waals surface area contributed by atoms with Gasteiger partial charge in [-0.1, -0.05) is 124 Å². The summed E-state index contributed by atoms with van der Waals surface area (Å²) in [6.45, 7) is 7.01. The van der Waals surface area contributed by atoms with Gasteiger partial charge in [-0.25, -0.2) is 0 Å². The number of carbonyl (C=O) groups excluding carboxylic acids is 1. The summed E-state index contributed by atoms with van der Waals surface area (Å²) >= 11 is 0. The van der Waals surface area contributed by atoms with Gasteiger partial charge in [-0.2, -0.15) is 0 Å². The van der Waals surface area contributed by atoms with Gasteiger partial charge < -0.3 is 4.74 Å². The lowest BCUT2D eigenvalue weighted by molar-refractivity contribution is -0.144. The van der Waals surface area contributed by atoms with Gasteiger partial charge in [-0.3, -0.25) is 4.79 Å². The van der Waals surface area contributed by atoms with Crippen LogP contribution in [0, 0.1) is 5.92 Å². The highest BCUT2D eigenvalue weighted by Gasteiger charge is 2.05. The Balaban J connectivity index is 3.06. The van der Waals surface area contributed by atoms with Crippen LogP contribution in [0.2, 0.25) is 0 Å². The van der Waals surface area contributed by atoms with Crippen LogP contribution >= 0.6 is 0 Å². The SMILES string of the molecule is CCCCCCCCCCCCCCCCCCCOC(=O)CC(C)C. The minimum atomic E-state index is -0.0310. The zero-order valence-electron chi connectivity index (χ0n) is 18.3. The maximum absolute atomic E-state index is 11.4. The Morgan fingerprint density at radius 2 is 0.962 bits per heavy atom. The van der Waals surface area contributed by atoms with Crippen LogP contribution in [-0.2, 0) is 9.53 Å². The van der Waals surface area contributed by atoms with Gasteiger partial charge in [0, 0.05) is 6.42 Å². The third kappa shape index (κ3) is 21.5. The van der Waals surface area contributed by atoms with E-state index in [4.69, 9.17) is 4.74 Å². The number of rotatable bonds is 20. The standard InChI is InChI=1S/C24H48O2/c1-4-5-6-7-8-9-10-11-12-13-14-15-16-17-18-19-20-21-26-24(25)22-23(2)3/h23H,4-22H2,1-3H3. The molecule has 0 N–H and O–H groups in total. The summed E-state index contributed by atoms with van der Waals surface area (Å²) in [5, 5.41) is 0. The van der Waals surface area contributed by atoms with E-state index in [2.05, 4.69) is 20.8 Å². The Kier molecular flexibility index (Phi) is 20.4. The molecule has 0 radical (unpaired) electrons. The zero-order chi connectivity index (χ0) is 19.3. The van der Waals surface area contributed by atoms with E-state index in [1.807, 2.05) is 0 Å². The maximum Gasteiger partial charge on any atom is 0.306 e. The molecule has 0 atom stereocenters. The van der Waals surface area contributed by atoms with Crippen molar-refractivity contribution in [1.29, 1.82) is 0 Å². The first-order valence-corrected chi connectivity index (χ1v) is 11.8. The molecule has 0 aliphatic carbocycles. The topological polar surface area (TPSA) is 26.3 Å². The fraction of sp³-hybridized carbons (Fsp3) is 0.958. The molecule has 156 valence electrons. The predicted molar refractivity (Wildman–Crippen MR) is 115 cm³/mol. The van der Waals surface area contributed by atoms with E-state index in [1.165, 1.54) is 103 Å². The summed E-state index contributed by atoms with van der Waals surface area (Å²) in [6.07, 6.45) is 24.0. The van der Waals surface area contributed by atoms with Crippen molar-refractivity contribution in [3.63, 3.8) is 0 Å². The third-order valence-corrected chi connectivity index (χ3v) is 5.09. The minimum absolute atomic E-state index is 0.0310. The molecule has 0 aliphatic heterocycles. The summed E-state index contributed by atoms with van der Waals surface area (Å²) in [6, 6.07) is 0. The fourth-order valence-corrected chi connectivity index (χ4v) is 3.41. The second-order valence-corrected chi connectivity index (χ2v) is 8.48. The third-order valence-electron chi connectivity index (χ3n) is 5.09. The molecule has 2 heteroatoms. The van der Waals surface area contributed by atoms with Crippen LogP contribution in [-0.4, -0.2) is 12.6 Å². The van der Waals surface area contributed by atoms with E-state index in [0.717, 1.165) is 6.42 Å². The van der Waals surface area contributed by atoms with Crippen LogP contribution in [0.5, 0.6) is 0 Å². The molecule has 0 saturated carbocycles. The fourth-order valence-electron chi connectivity index (χ4n) is 3.41. The average molecular weight is 369 g/mol. The van der Waals surface area contributed by atoms with Gasteiger partial charge in [0.05, 0.1) is 6.61 Å². The first-order chi connectivity index (χ1) is 12.7. The number of esters is 1. The lowest BCUT2D eigenvalue weighted by Gasteiger charge is -2.06. The van der Waals surface area contributed by atoms with E-state index in [9.17, 15) is 4.79 Å². The first kappa shape index (κ1) is 25.5. The Hall–Kier alpha value is -0.530. The van der Waals surface area contributed by atoms with E-state index in [-0.39, 0.29) is 5.97 Å². The molecule has 0 aromatic carbocycles. The van der Waals surface area contributed by atoms with Gasteiger partial charge in [0.1, 0.15) is 0 Å². The molecule has 0 aliphatic rings. The number of carbonyl (C=O) groups is 1. The Morgan fingerprint density at radius 1 is 0.615 bits per heavy atom. The van der Waals surface area contributed by atoms with Crippen LogP contribution in [0.25, 0.3) is 0 Å². The van der Waals surface area contributed by atoms with E-state index in [1.54, 1.807) is 0 Å². The highest BCUT2D eigenvalue weighted by molar-refractivity contribution is 5.69. The van der Waals surface area contributed by atoms with E-state index >= 15 is 0 Å². The quantitative estimate of drug-likeness (QED) is 0.160. The molecule has 0 rings (SSSR count). The summed E-state index contributed by atoms with van der Waals surface area (Å²) < 4.78 is 5.24. The molecule has 0 bridgehead atoms. The van der Waals surface area contributed by atoms with Crippen molar-refractivity contribution in [3.8, 4) is 0 Å². The lowest BCUT2D eigenvalue weighted by atomic mass is 10.0. The Morgan fingerprint density at radius 3 is 1.31 bits per heavy atom. The highest BCUT2D eigenvalue weighted by atomic mass is 16.5. The van der Waals surface area contributed by atoms with Crippen molar-refractivity contribution in [1.82, 2.24) is 0 Å². The molecular formula is C24H48O2. The Labute approximate surface area is 164 Å². The van der Waals surface area contributed by atoms with Gasteiger partial charge in [0.25, 0.3) is 0 Å². The zero-order valence-corrected chi connectivity index (χ0v) is 18.3. The molecule has 0 heterocycles. The Bertz CT molecular complexity index is 286. The summed E-state index contributed by atoms with van der Waals surface area (Å²) in [5.41, 5.74) is 0. The summed E-state index contributed by atoms with van der Waals surface area (Å²) in [4.78, 5) is 11.4. The monoisotopic (exact) mass is 368 g/mol. The molecule has 0 aromatic rings. The first-order valence-electron chi connectivity index (χ1n) is 11.8. The minimum Gasteiger partial charge on any atom is -0.466 e. The molecule has 0 aromatic heterocycles. The molecule has 0 saturated heterocycles. The normalized spacial score (nSPS) is 11.2. The van der Waals surface area contributed by atoms with Crippen LogP contribution in [0.3, 0.4) is 0 Å². The van der Waals surface area contributed by atoms with Crippen molar-refractivity contribution >= 4 is 5.97 Å². The molecule has 26 heavy (non-hydrogen) atoms. The van der Waals surface area contributed by atoms with Crippen molar-refractivity contribution in [2.24, 2.45) is 5.92 Å². The molecular weight excluding hydrogens is 320 g/mol. The second kappa shape index (κ2) is 20.8. The number of hydrogen-bond donors (Lipinski definition) is 0. The van der Waals surface area contributed by atoms with E-state index < -0.39 is 0 Å². The molecule has 0 unspecified atom stereocenters. The van der Waals surface area contributed by atoms with Crippen LogP contribution in [0.1, 0.15) is 136 Å². The maximum atomic E-state index is 11.4. The number of unbranched alkanes of at least 4 members (excludes halogenated alkanes) is 16. The van der Waals surface area contributed by atoms with Crippen molar-refractivity contribution < 1.29 is 9.53 Å². The van der Waals surface area contributed by atoms with Crippen molar-refractivity contribution in [2.75, 3.05) is 6.61 Å². The van der Waals surface area contributed by atoms with Crippen LogP contribution in [0.4, 0.5) is 0 Å². The van der Waals surface area contributed by atoms with Gasteiger partial charge >= 0.3 is 5.97 Å². The summed E-state index contributed by atoms with van der Waals surface area (Å²) in [7, 11) is 0. The van der Waals surface area contributed by atoms with E-state index in [0.29, 0.717) is 18.9 Å². The largest absolute Gasteiger partial charge is 0.466 e. The van der Waals surface area contributed by atoms with Crippen LogP contribution < -0.4 is 0 Å². The molecule has 0 amide bonds. The number of ether oxygens (including phenoxy) is 1. The average Bonchev–Trinajstić information content (AvgIpc) is 2.60. The van der Waals surface area contributed by atoms with Crippen molar-refractivity contribution in [2.45, 2.75) is 136 Å².